The van der Waals surface area contributed by atoms with Gasteiger partial charge >= 0.3 is 6.03 Å². The Labute approximate surface area is 137 Å². The van der Waals surface area contributed by atoms with Crippen LogP contribution in [0.3, 0.4) is 0 Å². The van der Waals surface area contributed by atoms with E-state index in [4.69, 9.17) is 4.74 Å². The van der Waals surface area contributed by atoms with Gasteiger partial charge in [0.1, 0.15) is 5.82 Å². The number of amides is 2. The third-order valence-corrected chi connectivity index (χ3v) is 4.92. The predicted octanol–water partition coefficient (Wildman–Crippen LogP) is 1.37. The Morgan fingerprint density at radius 3 is 3.04 bits per heavy atom. The Kier molecular flexibility index (Phi) is 4.57. The van der Waals surface area contributed by atoms with Crippen LogP contribution in [0.2, 0.25) is 0 Å². The summed E-state index contributed by atoms with van der Waals surface area (Å²) >= 11 is 0. The molecule has 2 amide bonds. The summed E-state index contributed by atoms with van der Waals surface area (Å²) in [6, 6.07) is 0.134. The van der Waals surface area contributed by atoms with Crippen LogP contribution in [0.15, 0.2) is 0 Å². The molecule has 1 aromatic heterocycles. The molecule has 0 aliphatic carbocycles. The van der Waals surface area contributed by atoms with Gasteiger partial charge in [0.05, 0.1) is 31.3 Å². The maximum Gasteiger partial charge on any atom is 0.317 e. The second kappa shape index (κ2) is 6.47. The number of nitrogens with one attached hydrogen (secondary N) is 1. The number of hydrogen-bond donors (Lipinski definition) is 1. The lowest BCUT2D eigenvalue weighted by Crippen LogP contribution is -2.56. The van der Waals surface area contributed by atoms with Crippen molar-refractivity contribution in [2.75, 3.05) is 19.7 Å². The van der Waals surface area contributed by atoms with E-state index < -0.39 is 0 Å². The molecule has 2 aliphatic heterocycles. The Balaban J connectivity index is 1.58. The second-order valence-electron chi connectivity index (χ2n) is 6.74. The van der Waals surface area contributed by atoms with Gasteiger partial charge in [0.15, 0.2) is 5.82 Å². The molecule has 3 rings (SSSR count). The second-order valence-corrected chi connectivity index (χ2v) is 6.74. The van der Waals surface area contributed by atoms with Gasteiger partial charge in [-0.25, -0.2) is 14.5 Å². The Hall–Kier alpha value is -1.63. The molecule has 7 nitrogen and oxygen atoms in total. The summed E-state index contributed by atoms with van der Waals surface area (Å²) in [5, 5.41) is 7.66. The zero-order valence-corrected chi connectivity index (χ0v) is 14.3. The van der Waals surface area contributed by atoms with Crippen LogP contribution in [0, 0.1) is 0 Å². The zero-order chi connectivity index (χ0) is 16.4. The van der Waals surface area contributed by atoms with Crippen LogP contribution in [-0.2, 0) is 24.1 Å². The minimum atomic E-state index is -0.225. The molecule has 0 spiro atoms. The van der Waals surface area contributed by atoms with Crippen LogP contribution < -0.4 is 5.32 Å². The molecule has 1 fully saturated rings. The first kappa shape index (κ1) is 16.2. The summed E-state index contributed by atoms with van der Waals surface area (Å²) in [6.45, 7) is 8.85. The van der Waals surface area contributed by atoms with Crippen molar-refractivity contribution in [3.8, 4) is 0 Å². The molecular formula is C16H27N5O2. The van der Waals surface area contributed by atoms with Crippen LogP contribution in [0.25, 0.3) is 0 Å². The van der Waals surface area contributed by atoms with E-state index in [-0.39, 0.29) is 17.7 Å². The molecule has 2 atom stereocenters. The highest BCUT2D eigenvalue weighted by molar-refractivity contribution is 5.74. The van der Waals surface area contributed by atoms with Gasteiger partial charge in [-0.05, 0) is 19.8 Å². The molecule has 7 heteroatoms. The van der Waals surface area contributed by atoms with E-state index in [1.54, 1.807) is 0 Å². The van der Waals surface area contributed by atoms with Gasteiger partial charge in [-0.1, -0.05) is 13.8 Å². The maximum absolute atomic E-state index is 12.6. The minimum Gasteiger partial charge on any atom is -0.372 e. The average molecular weight is 321 g/mol. The Morgan fingerprint density at radius 2 is 2.30 bits per heavy atom. The van der Waals surface area contributed by atoms with E-state index in [9.17, 15) is 4.79 Å². The quantitative estimate of drug-likeness (QED) is 0.912. The average Bonchev–Trinajstić information content (AvgIpc) is 2.97. The Bertz CT molecular complexity index is 573. The highest BCUT2D eigenvalue weighted by Crippen LogP contribution is 2.21. The third kappa shape index (κ3) is 3.49. The first-order valence-electron chi connectivity index (χ1n) is 8.65. The SMILES string of the molecule is CCc1nc2n(n1)C[C@@H](NC(=O)N1CCO[C@](C)(CC)C1)CC2. The topological polar surface area (TPSA) is 72.3 Å². The number of ether oxygens (including phenoxy) is 1. The van der Waals surface area contributed by atoms with Crippen molar-refractivity contribution in [1.29, 1.82) is 0 Å². The van der Waals surface area contributed by atoms with E-state index in [0.717, 1.165) is 37.3 Å². The van der Waals surface area contributed by atoms with E-state index in [1.807, 2.05) is 9.58 Å². The smallest absolute Gasteiger partial charge is 0.317 e. The molecule has 1 N–H and O–H groups in total. The normalized spacial score (nSPS) is 27.6. The summed E-state index contributed by atoms with van der Waals surface area (Å²) in [4.78, 5) is 18.9. The summed E-state index contributed by atoms with van der Waals surface area (Å²) in [5.41, 5.74) is -0.225. The van der Waals surface area contributed by atoms with Gasteiger partial charge in [-0.2, -0.15) is 5.10 Å². The molecular weight excluding hydrogens is 294 g/mol. The largest absolute Gasteiger partial charge is 0.372 e. The minimum absolute atomic E-state index is 0.0113. The summed E-state index contributed by atoms with van der Waals surface area (Å²) in [7, 11) is 0. The number of aromatic nitrogens is 3. The molecule has 0 radical (unpaired) electrons. The van der Waals surface area contributed by atoms with Crippen molar-refractivity contribution in [3.05, 3.63) is 11.6 Å². The molecule has 2 aliphatic rings. The van der Waals surface area contributed by atoms with Gasteiger partial charge in [0.25, 0.3) is 0 Å². The molecule has 0 bridgehead atoms. The van der Waals surface area contributed by atoms with Crippen molar-refractivity contribution >= 4 is 6.03 Å². The maximum atomic E-state index is 12.6. The van der Waals surface area contributed by atoms with Crippen molar-refractivity contribution in [1.82, 2.24) is 25.0 Å². The van der Waals surface area contributed by atoms with Gasteiger partial charge in [-0.15, -0.1) is 0 Å². The predicted molar refractivity (Wildman–Crippen MR) is 86.3 cm³/mol. The molecule has 0 aromatic carbocycles. The van der Waals surface area contributed by atoms with Crippen molar-refractivity contribution in [3.63, 3.8) is 0 Å². The number of carbonyl (C=O) groups is 1. The number of rotatable bonds is 3. The lowest BCUT2D eigenvalue weighted by atomic mass is 10.0. The van der Waals surface area contributed by atoms with Gasteiger partial charge in [0.2, 0.25) is 0 Å². The fourth-order valence-electron chi connectivity index (χ4n) is 3.21. The van der Waals surface area contributed by atoms with E-state index in [2.05, 4.69) is 36.2 Å². The molecule has 128 valence electrons. The molecule has 3 heterocycles. The molecule has 1 aromatic rings. The van der Waals surface area contributed by atoms with E-state index in [1.165, 1.54) is 0 Å². The number of urea groups is 1. The van der Waals surface area contributed by atoms with Crippen LogP contribution in [0.1, 0.15) is 45.3 Å². The van der Waals surface area contributed by atoms with E-state index in [0.29, 0.717) is 26.2 Å². The molecule has 23 heavy (non-hydrogen) atoms. The standard InChI is InChI=1S/C16H27N5O2/c1-4-13-18-14-7-6-12(10-21(14)19-13)17-15(22)20-8-9-23-16(3,5-2)11-20/h12H,4-11H2,1-3H3,(H,17,22)/t12-,16+/m0/s1. The van der Waals surface area contributed by atoms with Gasteiger partial charge < -0.3 is 15.0 Å². The van der Waals surface area contributed by atoms with Crippen LogP contribution >= 0.6 is 0 Å². The summed E-state index contributed by atoms with van der Waals surface area (Å²) < 4.78 is 7.75. The number of fused-ring (bicyclic) bond motifs is 1. The lowest BCUT2D eigenvalue weighted by Gasteiger charge is -2.40. The summed E-state index contributed by atoms with van der Waals surface area (Å²) in [5.74, 6) is 1.93. The molecule has 0 unspecified atom stereocenters. The van der Waals surface area contributed by atoms with Crippen LogP contribution in [0.5, 0.6) is 0 Å². The van der Waals surface area contributed by atoms with Crippen LogP contribution in [-0.4, -0.2) is 57.0 Å². The molecule has 0 saturated carbocycles. The first-order chi connectivity index (χ1) is 11.0. The van der Waals surface area contributed by atoms with Crippen molar-refractivity contribution < 1.29 is 9.53 Å². The zero-order valence-electron chi connectivity index (χ0n) is 14.3. The van der Waals surface area contributed by atoms with Crippen molar-refractivity contribution in [2.45, 2.75) is 64.6 Å². The third-order valence-electron chi connectivity index (χ3n) is 4.92. The van der Waals surface area contributed by atoms with Gasteiger partial charge in [0, 0.05) is 19.4 Å². The Morgan fingerprint density at radius 1 is 1.48 bits per heavy atom. The van der Waals surface area contributed by atoms with Crippen LogP contribution in [0.4, 0.5) is 4.79 Å². The lowest BCUT2D eigenvalue weighted by molar-refractivity contribution is -0.0875. The first-order valence-corrected chi connectivity index (χ1v) is 8.65. The summed E-state index contributed by atoms with van der Waals surface area (Å²) in [6.07, 6.45) is 3.54. The number of nitrogens with zero attached hydrogens (tertiary/aromatic N) is 4. The molecule has 1 saturated heterocycles. The highest BCUT2D eigenvalue weighted by Gasteiger charge is 2.33. The highest BCUT2D eigenvalue weighted by atomic mass is 16.5. The number of morpholine rings is 1. The number of aryl methyl sites for hydroxylation is 2. The van der Waals surface area contributed by atoms with Crippen molar-refractivity contribution in [2.24, 2.45) is 0 Å². The number of hydrogen-bond acceptors (Lipinski definition) is 4. The fourth-order valence-corrected chi connectivity index (χ4v) is 3.21. The number of carbonyl (C=O) groups excluding carboxylic acids is 1. The fraction of sp³-hybridized carbons (Fsp3) is 0.812. The van der Waals surface area contributed by atoms with Gasteiger partial charge in [-0.3, -0.25) is 0 Å². The van der Waals surface area contributed by atoms with E-state index >= 15 is 0 Å². The monoisotopic (exact) mass is 321 g/mol.